The third kappa shape index (κ3) is 2.49. The van der Waals surface area contributed by atoms with Crippen LogP contribution in [0, 0.1) is 11.6 Å². The van der Waals surface area contributed by atoms with E-state index in [4.69, 9.17) is 0 Å². The van der Waals surface area contributed by atoms with Crippen LogP contribution >= 0.6 is 0 Å². The minimum absolute atomic E-state index is 0.123. The summed E-state index contributed by atoms with van der Waals surface area (Å²) in [5.41, 5.74) is -0.305. The molecule has 0 saturated heterocycles. The van der Waals surface area contributed by atoms with E-state index in [0.29, 0.717) is 0 Å². The highest BCUT2D eigenvalue weighted by Gasteiger charge is 2.28. The van der Waals surface area contributed by atoms with Gasteiger partial charge in [-0.25, -0.2) is 8.78 Å². The molecule has 0 amide bonds. The molecular weight excluding hydrogens is 228 g/mol. The zero-order valence-electron chi connectivity index (χ0n) is 9.00. The zero-order valence-corrected chi connectivity index (χ0v) is 9.00. The van der Waals surface area contributed by atoms with Gasteiger partial charge in [-0.05, 0) is 18.6 Å². The highest BCUT2D eigenvalue weighted by molar-refractivity contribution is 6.04. The molecule has 1 unspecified atom stereocenters. The molecule has 1 aromatic rings. The van der Waals surface area contributed by atoms with Crippen molar-refractivity contribution in [3.8, 4) is 0 Å². The Morgan fingerprint density at radius 3 is 2.41 bits per heavy atom. The minimum atomic E-state index is -0.741. The zero-order chi connectivity index (χ0) is 12.4. The van der Waals surface area contributed by atoms with Gasteiger partial charge in [0.1, 0.15) is 23.1 Å². The van der Waals surface area contributed by atoms with Gasteiger partial charge in [-0.3, -0.25) is 9.59 Å². The van der Waals surface area contributed by atoms with Gasteiger partial charge in [-0.15, -0.1) is 0 Å². The van der Waals surface area contributed by atoms with Crippen molar-refractivity contribution in [3.05, 3.63) is 29.8 Å². The number of carbonyl (C=O) groups is 2. The number of Topliss-reactive ketones (excluding diaryl/α,β-unsaturated/α-hetero) is 2. The average molecular weight is 239 g/mol. The third-order valence-electron chi connectivity index (χ3n) is 2.75. The SMILES string of the molecule is O=C1CCC(Nc2c(F)cccc2F)C(=O)C1. The lowest BCUT2D eigenvalue weighted by molar-refractivity contribution is -0.130. The quantitative estimate of drug-likeness (QED) is 0.803. The van der Waals surface area contributed by atoms with Crippen LogP contribution in [0.25, 0.3) is 0 Å². The van der Waals surface area contributed by atoms with Gasteiger partial charge >= 0.3 is 0 Å². The number of carbonyl (C=O) groups excluding carboxylic acids is 2. The third-order valence-corrected chi connectivity index (χ3v) is 2.75. The molecule has 0 bridgehead atoms. The minimum Gasteiger partial charge on any atom is -0.370 e. The molecule has 0 heterocycles. The number of rotatable bonds is 2. The lowest BCUT2D eigenvalue weighted by Gasteiger charge is -2.22. The number of halogens is 2. The highest BCUT2D eigenvalue weighted by atomic mass is 19.1. The lowest BCUT2D eigenvalue weighted by Crippen LogP contribution is -2.36. The predicted octanol–water partition coefficient (Wildman–Crippen LogP) is 2.07. The summed E-state index contributed by atoms with van der Waals surface area (Å²) in [7, 11) is 0. The first-order valence-electron chi connectivity index (χ1n) is 5.33. The first-order valence-corrected chi connectivity index (χ1v) is 5.33. The van der Waals surface area contributed by atoms with Crippen molar-refractivity contribution in [1.29, 1.82) is 0 Å². The molecule has 1 fully saturated rings. The van der Waals surface area contributed by atoms with Crippen molar-refractivity contribution in [3.63, 3.8) is 0 Å². The maximum absolute atomic E-state index is 13.3. The summed E-state index contributed by atoms with van der Waals surface area (Å²) < 4.78 is 26.7. The summed E-state index contributed by atoms with van der Waals surface area (Å²) in [6, 6.07) is 2.80. The molecule has 3 nitrogen and oxygen atoms in total. The Morgan fingerprint density at radius 2 is 1.82 bits per heavy atom. The van der Waals surface area contributed by atoms with Gasteiger partial charge in [0.25, 0.3) is 0 Å². The Hall–Kier alpha value is -1.78. The summed E-state index contributed by atoms with van der Waals surface area (Å²) in [4.78, 5) is 22.5. The number of benzene rings is 1. The van der Waals surface area contributed by atoms with E-state index in [9.17, 15) is 18.4 Å². The standard InChI is InChI=1S/C12H11F2NO2/c13-8-2-1-3-9(14)12(8)15-10-5-4-7(16)6-11(10)17/h1-3,10,15H,4-6H2. The van der Waals surface area contributed by atoms with Crippen LogP contribution in [0.4, 0.5) is 14.5 Å². The second-order valence-corrected chi connectivity index (χ2v) is 4.01. The molecule has 1 N–H and O–H groups in total. The van der Waals surface area contributed by atoms with E-state index in [1.807, 2.05) is 0 Å². The lowest BCUT2D eigenvalue weighted by atomic mass is 9.93. The van der Waals surface area contributed by atoms with E-state index in [2.05, 4.69) is 5.32 Å². The summed E-state index contributed by atoms with van der Waals surface area (Å²) in [5, 5.41) is 2.54. The largest absolute Gasteiger partial charge is 0.370 e. The molecule has 5 heteroatoms. The van der Waals surface area contributed by atoms with Crippen molar-refractivity contribution in [2.45, 2.75) is 25.3 Å². The van der Waals surface area contributed by atoms with Gasteiger partial charge in [0.15, 0.2) is 5.78 Å². The van der Waals surface area contributed by atoms with Crippen LogP contribution < -0.4 is 5.32 Å². The Kier molecular flexibility index (Phi) is 3.17. The van der Waals surface area contributed by atoms with Gasteiger partial charge in [0, 0.05) is 6.42 Å². The fourth-order valence-corrected chi connectivity index (χ4v) is 1.83. The number of para-hydroxylation sites is 1. The average Bonchev–Trinajstić information content (AvgIpc) is 2.26. The van der Waals surface area contributed by atoms with E-state index in [1.165, 1.54) is 6.07 Å². The van der Waals surface area contributed by atoms with Crippen LogP contribution in [-0.2, 0) is 9.59 Å². The van der Waals surface area contributed by atoms with Crippen LogP contribution in [0.15, 0.2) is 18.2 Å². The molecule has 0 spiro atoms. The molecule has 17 heavy (non-hydrogen) atoms. The van der Waals surface area contributed by atoms with Crippen molar-refractivity contribution in [1.82, 2.24) is 0 Å². The molecule has 1 saturated carbocycles. The summed E-state index contributed by atoms with van der Waals surface area (Å²) in [6.07, 6.45) is 0.388. The number of hydrogen-bond donors (Lipinski definition) is 1. The van der Waals surface area contributed by atoms with Crippen LogP contribution in [0.1, 0.15) is 19.3 Å². The van der Waals surface area contributed by atoms with Crippen LogP contribution in [-0.4, -0.2) is 17.6 Å². The van der Waals surface area contributed by atoms with Gasteiger partial charge in [-0.2, -0.15) is 0 Å². The molecule has 0 aromatic heterocycles. The van der Waals surface area contributed by atoms with E-state index in [0.717, 1.165) is 12.1 Å². The summed E-state index contributed by atoms with van der Waals surface area (Å²) >= 11 is 0. The molecular formula is C12H11F2NO2. The van der Waals surface area contributed by atoms with Crippen molar-refractivity contribution >= 4 is 17.3 Å². The number of anilines is 1. The number of nitrogens with one attached hydrogen (secondary N) is 1. The first kappa shape index (κ1) is 11.7. The van der Waals surface area contributed by atoms with Crippen LogP contribution in [0.5, 0.6) is 0 Å². The number of ketones is 2. The Bertz CT molecular complexity index is 453. The van der Waals surface area contributed by atoms with E-state index >= 15 is 0 Å². The highest BCUT2D eigenvalue weighted by Crippen LogP contribution is 2.22. The Morgan fingerprint density at radius 1 is 1.18 bits per heavy atom. The maximum atomic E-state index is 13.3. The molecule has 2 rings (SSSR count). The maximum Gasteiger partial charge on any atom is 0.162 e. The second-order valence-electron chi connectivity index (χ2n) is 4.01. The van der Waals surface area contributed by atoms with Crippen molar-refractivity contribution < 1.29 is 18.4 Å². The molecule has 0 aliphatic heterocycles. The van der Waals surface area contributed by atoms with Gasteiger partial charge in [0.05, 0.1) is 12.5 Å². The Balaban J connectivity index is 2.16. The smallest absolute Gasteiger partial charge is 0.162 e. The topological polar surface area (TPSA) is 46.2 Å². The molecule has 1 aliphatic rings. The van der Waals surface area contributed by atoms with Crippen LogP contribution in [0.3, 0.4) is 0 Å². The fourth-order valence-electron chi connectivity index (χ4n) is 1.83. The summed E-state index contributed by atoms with van der Waals surface area (Å²) in [5.74, 6) is -1.92. The normalized spacial score (nSPS) is 20.5. The van der Waals surface area contributed by atoms with E-state index in [1.54, 1.807) is 0 Å². The van der Waals surface area contributed by atoms with Crippen LogP contribution in [0.2, 0.25) is 0 Å². The molecule has 0 radical (unpaired) electrons. The molecule has 90 valence electrons. The molecule has 1 aliphatic carbocycles. The summed E-state index contributed by atoms with van der Waals surface area (Å²) in [6.45, 7) is 0. The number of hydrogen-bond acceptors (Lipinski definition) is 3. The van der Waals surface area contributed by atoms with Gasteiger partial charge < -0.3 is 5.32 Å². The van der Waals surface area contributed by atoms with E-state index in [-0.39, 0.29) is 36.5 Å². The van der Waals surface area contributed by atoms with Crippen molar-refractivity contribution in [2.75, 3.05) is 5.32 Å². The Labute approximate surface area is 96.8 Å². The van der Waals surface area contributed by atoms with Gasteiger partial charge in [-0.1, -0.05) is 6.07 Å². The molecule has 1 aromatic carbocycles. The monoisotopic (exact) mass is 239 g/mol. The second kappa shape index (κ2) is 4.61. The molecule has 1 atom stereocenters. The van der Waals surface area contributed by atoms with E-state index < -0.39 is 17.7 Å². The fraction of sp³-hybridized carbons (Fsp3) is 0.333. The van der Waals surface area contributed by atoms with Crippen molar-refractivity contribution in [2.24, 2.45) is 0 Å². The predicted molar refractivity (Wildman–Crippen MR) is 57.6 cm³/mol. The first-order chi connectivity index (χ1) is 8.08. The van der Waals surface area contributed by atoms with Gasteiger partial charge in [0.2, 0.25) is 0 Å².